The van der Waals surface area contributed by atoms with Gasteiger partial charge in [-0.3, -0.25) is 19.0 Å². The van der Waals surface area contributed by atoms with E-state index in [0.717, 1.165) is 38.6 Å². The van der Waals surface area contributed by atoms with Crippen molar-refractivity contribution in [3.63, 3.8) is 0 Å². The Kier molecular flexibility index (Phi) is 8.12. The number of fused-ring (bicyclic) bond motifs is 1. The third kappa shape index (κ3) is 6.05. The van der Waals surface area contributed by atoms with Crippen LogP contribution in [-0.4, -0.2) is 46.0 Å². The van der Waals surface area contributed by atoms with Crippen molar-refractivity contribution in [2.75, 3.05) is 29.9 Å². The SMILES string of the molecule is CCCCc1ccc(NC(=O)Cn2cnc3nc(N4CCC[C@H](C(=O)NCC)C4)sc3c2=O)cc1. The van der Waals surface area contributed by atoms with Crippen LogP contribution in [0.15, 0.2) is 35.4 Å². The molecule has 1 aliphatic rings. The number of rotatable bonds is 9. The molecule has 3 heterocycles. The fourth-order valence-electron chi connectivity index (χ4n) is 4.26. The van der Waals surface area contributed by atoms with Gasteiger partial charge in [-0.2, -0.15) is 4.98 Å². The number of hydrogen-bond donors (Lipinski definition) is 2. The Labute approximate surface area is 208 Å². The molecule has 1 aliphatic heterocycles. The summed E-state index contributed by atoms with van der Waals surface area (Å²) in [7, 11) is 0. The number of carbonyl (C=O) groups excluding carboxylic acids is 2. The van der Waals surface area contributed by atoms with E-state index in [1.165, 1.54) is 27.8 Å². The van der Waals surface area contributed by atoms with E-state index in [0.29, 0.717) is 34.3 Å². The molecule has 1 atom stereocenters. The largest absolute Gasteiger partial charge is 0.356 e. The van der Waals surface area contributed by atoms with E-state index in [4.69, 9.17) is 0 Å². The molecular weight excluding hydrogens is 464 g/mol. The third-order valence-electron chi connectivity index (χ3n) is 6.16. The van der Waals surface area contributed by atoms with Gasteiger partial charge >= 0.3 is 0 Å². The molecule has 2 aromatic heterocycles. The Balaban J connectivity index is 1.43. The lowest BCUT2D eigenvalue weighted by atomic mass is 9.97. The molecule has 0 aliphatic carbocycles. The van der Waals surface area contributed by atoms with E-state index in [-0.39, 0.29) is 29.8 Å². The molecule has 10 heteroatoms. The number of benzene rings is 1. The van der Waals surface area contributed by atoms with E-state index in [9.17, 15) is 14.4 Å². The maximum Gasteiger partial charge on any atom is 0.273 e. The van der Waals surface area contributed by atoms with Gasteiger partial charge in [-0.25, -0.2) is 4.98 Å². The van der Waals surface area contributed by atoms with Crippen molar-refractivity contribution < 1.29 is 9.59 Å². The first-order valence-corrected chi connectivity index (χ1v) is 13.1. The van der Waals surface area contributed by atoms with Gasteiger partial charge in [0.15, 0.2) is 10.8 Å². The van der Waals surface area contributed by atoms with E-state index in [2.05, 4.69) is 32.4 Å². The second kappa shape index (κ2) is 11.4. The summed E-state index contributed by atoms with van der Waals surface area (Å²) in [4.78, 5) is 48.8. The van der Waals surface area contributed by atoms with Crippen molar-refractivity contribution in [2.45, 2.75) is 52.5 Å². The Hall–Kier alpha value is -3.27. The summed E-state index contributed by atoms with van der Waals surface area (Å²) in [5.74, 6) is -0.328. The van der Waals surface area contributed by atoms with Gasteiger partial charge in [0, 0.05) is 25.3 Å². The topological polar surface area (TPSA) is 109 Å². The van der Waals surface area contributed by atoms with Crippen LogP contribution >= 0.6 is 11.3 Å². The lowest BCUT2D eigenvalue weighted by Crippen LogP contribution is -2.43. The molecule has 0 bridgehead atoms. The molecule has 3 aromatic rings. The lowest BCUT2D eigenvalue weighted by molar-refractivity contribution is -0.125. The Bertz CT molecular complexity index is 1240. The monoisotopic (exact) mass is 496 g/mol. The third-order valence-corrected chi connectivity index (χ3v) is 7.25. The molecule has 0 radical (unpaired) electrons. The number of thiazole rings is 1. The molecule has 4 rings (SSSR count). The highest BCUT2D eigenvalue weighted by atomic mass is 32.1. The minimum atomic E-state index is -0.292. The number of amides is 2. The number of aromatic nitrogens is 3. The van der Waals surface area contributed by atoms with Crippen molar-refractivity contribution in [3.8, 4) is 0 Å². The molecule has 0 spiro atoms. The number of nitrogens with one attached hydrogen (secondary N) is 2. The molecule has 35 heavy (non-hydrogen) atoms. The summed E-state index contributed by atoms with van der Waals surface area (Å²) >= 11 is 1.27. The van der Waals surface area contributed by atoms with Gasteiger partial charge in [0.25, 0.3) is 5.56 Å². The molecule has 1 saturated heterocycles. The van der Waals surface area contributed by atoms with Crippen LogP contribution in [0.3, 0.4) is 0 Å². The fraction of sp³-hybridized carbons (Fsp3) is 0.480. The molecule has 1 fully saturated rings. The zero-order valence-electron chi connectivity index (χ0n) is 20.2. The van der Waals surface area contributed by atoms with Crippen LogP contribution in [-0.2, 0) is 22.6 Å². The number of unbranched alkanes of at least 4 members (excludes halogenated alkanes) is 1. The number of carbonyl (C=O) groups is 2. The zero-order chi connectivity index (χ0) is 24.8. The molecule has 9 nitrogen and oxygen atoms in total. The van der Waals surface area contributed by atoms with Gasteiger partial charge in [-0.05, 0) is 50.3 Å². The number of aryl methyl sites for hydroxylation is 1. The zero-order valence-corrected chi connectivity index (χ0v) is 21.1. The van der Waals surface area contributed by atoms with Gasteiger partial charge in [-0.15, -0.1) is 0 Å². The average Bonchev–Trinajstić information content (AvgIpc) is 3.31. The Morgan fingerprint density at radius 1 is 1.20 bits per heavy atom. The summed E-state index contributed by atoms with van der Waals surface area (Å²) in [5.41, 5.74) is 2.02. The first-order chi connectivity index (χ1) is 17.0. The van der Waals surface area contributed by atoms with Crippen LogP contribution in [0.5, 0.6) is 0 Å². The normalized spacial score (nSPS) is 15.8. The molecule has 186 valence electrons. The number of nitrogens with zero attached hydrogens (tertiary/aromatic N) is 4. The molecule has 2 N–H and O–H groups in total. The van der Waals surface area contributed by atoms with Crippen LogP contribution < -0.4 is 21.1 Å². The van der Waals surface area contributed by atoms with Crippen molar-refractivity contribution in [1.29, 1.82) is 0 Å². The predicted octanol–water partition coefficient (Wildman–Crippen LogP) is 3.19. The van der Waals surface area contributed by atoms with Crippen LogP contribution in [0, 0.1) is 5.92 Å². The summed E-state index contributed by atoms with van der Waals surface area (Å²) in [6.45, 7) is 5.90. The molecule has 0 saturated carbocycles. The van der Waals surface area contributed by atoms with E-state index < -0.39 is 0 Å². The van der Waals surface area contributed by atoms with E-state index in [1.807, 2.05) is 31.2 Å². The second-order valence-electron chi connectivity index (χ2n) is 8.86. The first-order valence-electron chi connectivity index (χ1n) is 12.3. The van der Waals surface area contributed by atoms with Crippen LogP contribution in [0.25, 0.3) is 10.3 Å². The minimum Gasteiger partial charge on any atom is -0.356 e. The van der Waals surface area contributed by atoms with Gasteiger partial charge in [0.2, 0.25) is 11.8 Å². The van der Waals surface area contributed by atoms with Gasteiger partial charge in [0.05, 0.1) is 5.92 Å². The smallest absolute Gasteiger partial charge is 0.273 e. The van der Waals surface area contributed by atoms with Gasteiger partial charge < -0.3 is 15.5 Å². The highest BCUT2D eigenvalue weighted by Gasteiger charge is 2.27. The molecular formula is C25H32N6O3S. The Morgan fingerprint density at radius 3 is 2.74 bits per heavy atom. The van der Waals surface area contributed by atoms with E-state index >= 15 is 0 Å². The molecule has 2 amide bonds. The summed E-state index contributed by atoms with van der Waals surface area (Å²) in [6.07, 6.45) is 6.39. The van der Waals surface area contributed by atoms with Crippen LogP contribution in [0.4, 0.5) is 10.8 Å². The number of piperidine rings is 1. The van der Waals surface area contributed by atoms with Crippen LogP contribution in [0.1, 0.15) is 45.1 Å². The van der Waals surface area contributed by atoms with E-state index in [1.54, 1.807) is 0 Å². The highest BCUT2D eigenvalue weighted by molar-refractivity contribution is 7.22. The van der Waals surface area contributed by atoms with Crippen LogP contribution in [0.2, 0.25) is 0 Å². The standard InChI is InChI=1S/C25H32N6O3S/c1-3-5-7-17-9-11-19(12-10-17)28-20(32)15-31-16-27-22-21(24(31)34)35-25(29-22)30-13-6-8-18(14-30)23(33)26-4-2/h9-12,16,18H,3-8,13-15H2,1-2H3,(H,26,33)(H,28,32)/t18-/m0/s1. The summed E-state index contributed by atoms with van der Waals surface area (Å²) < 4.78 is 1.72. The maximum absolute atomic E-state index is 13.0. The van der Waals surface area contributed by atoms with Gasteiger partial charge in [-0.1, -0.05) is 36.8 Å². The lowest BCUT2D eigenvalue weighted by Gasteiger charge is -2.31. The molecule has 0 unspecified atom stereocenters. The number of anilines is 2. The van der Waals surface area contributed by atoms with Crippen molar-refractivity contribution in [2.24, 2.45) is 5.92 Å². The first kappa shape index (κ1) is 24.8. The maximum atomic E-state index is 13.0. The van der Waals surface area contributed by atoms with Crippen molar-refractivity contribution in [1.82, 2.24) is 19.9 Å². The quantitative estimate of drug-likeness (QED) is 0.471. The van der Waals surface area contributed by atoms with Gasteiger partial charge in [0.1, 0.15) is 17.6 Å². The minimum absolute atomic E-state index is 0.0559. The summed E-state index contributed by atoms with van der Waals surface area (Å²) in [5, 5.41) is 6.42. The number of hydrogen-bond acceptors (Lipinski definition) is 7. The summed E-state index contributed by atoms with van der Waals surface area (Å²) in [6, 6.07) is 7.80. The van der Waals surface area contributed by atoms with Crippen molar-refractivity contribution >= 4 is 44.3 Å². The van der Waals surface area contributed by atoms with Crippen molar-refractivity contribution in [3.05, 3.63) is 46.5 Å². The molecule has 1 aromatic carbocycles. The average molecular weight is 497 g/mol. The fourth-order valence-corrected chi connectivity index (χ4v) is 5.26. The second-order valence-corrected chi connectivity index (χ2v) is 9.83. The highest BCUT2D eigenvalue weighted by Crippen LogP contribution is 2.29. The predicted molar refractivity (Wildman–Crippen MR) is 139 cm³/mol. The Morgan fingerprint density at radius 2 is 2.00 bits per heavy atom.